The van der Waals surface area contributed by atoms with Gasteiger partial charge in [0, 0.05) is 20.7 Å². The van der Waals surface area contributed by atoms with Crippen LogP contribution in [0.4, 0.5) is 11.4 Å². The fourth-order valence-electron chi connectivity index (χ4n) is 5.90. The van der Waals surface area contributed by atoms with Crippen LogP contribution in [-0.2, 0) is 9.59 Å². The van der Waals surface area contributed by atoms with Crippen molar-refractivity contribution in [1.82, 2.24) is 0 Å². The number of carbonyl (C=O) groups excluding carboxylic acids is 3. The third-order valence-electron chi connectivity index (χ3n) is 7.73. The summed E-state index contributed by atoms with van der Waals surface area (Å²) in [7, 11) is 0. The zero-order valence-electron chi connectivity index (χ0n) is 21.2. The van der Waals surface area contributed by atoms with Gasteiger partial charge in [-0.15, -0.1) is 0 Å². The summed E-state index contributed by atoms with van der Waals surface area (Å²) >= 11 is 9.79. The number of rotatable bonds is 7. The Kier molecular flexibility index (Phi) is 6.81. The molecule has 3 aromatic rings. The van der Waals surface area contributed by atoms with Crippen molar-refractivity contribution < 1.29 is 19.1 Å². The van der Waals surface area contributed by atoms with Gasteiger partial charge < -0.3 is 9.64 Å². The maximum Gasteiger partial charge on any atom is 0.240 e. The van der Waals surface area contributed by atoms with Crippen LogP contribution < -0.4 is 14.5 Å². The number of anilines is 2. The molecule has 0 spiro atoms. The van der Waals surface area contributed by atoms with Gasteiger partial charge in [0.05, 0.1) is 30.2 Å². The third kappa shape index (κ3) is 4.38. The summed E-state index contributed by atoms with van der Waals surface area (Å²) in [5.41, 5.74) is 2.60. The van der Waals surface area contributed by atoms with Crippen molar-refractivity contribution in [1.29, 1.82) is 0 Å². The van der Waals surface area contributed by atoms with Gasteiger partial charge in [0.1, 0.15) is 11.8 Å². The molecule has 3 aliphatic rings. The number of halogens is 2. The first-order valence-corrected chi connectivity index (χ1v) is 14.2. The summed E-state index contributed by atoms with van der Waals surface area (Å²) in [6, 6.07) is 18.3. The van der Waals surface area contributed by atoms with E-state index in [4.69, 9.17) is 16.3 Å². The lowest BCUT2D eigenvalue weighted by Gasteiger charge is -2.36. The number of imide groups is 1. The fraction of sp³-hybridized carbons (Fsp3) is 0.258. The zero-order chi connectivity index (χ0) is 27.3. The summed E-state index contributed by atoms with van der Waals surface area (Å²) in [5, 5.41) is 0.523. The van der Waals surface area contributed by atoms with Gasteiger partial charge in [0.25, 0.3) is 0 Å². The molecule has 2 amide bonds. The molecule has 39 heavy (non-hydrogen) atoms. The molecule has 0 aliphatic carbocycles. The molecular formula is C31H26BrClN2O4. The highest BCUT2D eigenvalue weighted by Crippen LogP contribution is 2.50. The molecule has 0 radical (unpaired) electrons. The molecule has 6 rings (SSSR count). The number of hydrogen-bond donors (Lipinski definition) is 0. The van der Waals surface area contributed by atoms with Gasteiger partial charge in [-0.3, -0.25) is 14.4 Å². The highest BCUT2D eigenvalue weighted by atomic mass is 79.9. The van der Waals surface area contributed by atoms with E-state index in [1.807, 2.05) is 23.1 Å². The number of Topliss-reactive ketones (excluding diaryl/α,β-unsaturated/α-hetero) is 1. The minimum atomic E-state index is -0.860. The number of unbranched alkanes of at least 4 members (excludes halogenated alkanes) is 1. The van der Waals surface area contributed by atoms with Crippen LogP contribution in [-0.4, -0.2) is 36.3 Å². The summed E-state index contributed by atoms with van der Waals surface area (Å²) in [6.07, 6.45) is 5.85. The van der Waals surface area contributed by atoms with Crippen LogP contribution in [0, 0.1) is 11.8 Å². The molecule has 2 fully saturated rings. The van der Waals surface area contributed by atoms with Gasteiger partial charge in [-0.2, -0.15) is 0 Å². The van der Waals surface area contributed by atoms with E-state index >= 15 is 0 Å². The first-order chi connectivity index (χ1) is 18.9. The SMILES string of the molecule is CCCCOc1ccc(N2C(=O)[C@@H]3[C@H](C2=O)[C@@H]2C=Cc4ccc(Cl)cc4N2[C@@H]3C(=O)c2ccc(Br)cc2)cc1. The monoisotopic (exact) mass is 604 g/mol. The predicted molar refractivity (Wildman–Crippen MR) is 155 cm³/mol. The topological polar surface area (TPSA) is 66.9 Å². The molecular weight excluding hydrogens is 580 g/mol. The summed E-state index contributed by atoms with van der Waals surface area (Å²) in [5.74, 6) is -1.74. The lowest BCUT2D eigenvalue weighted by atomic mass is 9.86. The van der Waals surface area contributed by atoms with Gasteiger partial charge in [-0.25, -0.2) is 4.90 Å². The maximum atomic E-state index is 14.1. The predicted octanol–water partition coefficient (Wildman–Crippen LogP) is 6.55. The Morgan fingerprint density at radius 1 is 0.974 bits per heavy atom. The summed E-state index contributed by atoms with van der Waals surface area (Å²) in [6.45, 7) is 2.70. The van der Waals surface area contributed by atoms with Gasteiger partial charge in [0.15, 0.2) is 5.78 Å². The van der Waals surface area contributed by atoms with Crippen molar-refractivity contribution in [3.63, 3.8) is 0 Å². The lowest BCUT2D eigenvalue weighted by molar-refractivity contribution is -0.122. The van der Waals surface area contributed by atoms with E-state index < -0.39 is 23.9 Å². The molecule has 0 unspecified atom stereocenters. The minimum Gasteiger partial charge on any atom is -0.494 e. The minimum absolute atomic E-state index is 0.205. The number of ketones is 1. The largest absolute Gasteiger partial charge is 0.494 e. The van der Waals surface area contributed by atoms with Crippen LogP contribution >= 0.6 is 27.5 Å². The van der Waals surface area contributed by atoms with E-state index in [0.29, 0.717) is 28.6 Å². The molecule has 0 N–H and O–H groups in total. The second-order valence-electron chi connectivity index (χ2n) is 10.0. The Morgan fingerprint density at radius 2 is 1.69 bits per heavy atom. The van der Waals surface area contributed by atoms with E-state index in [0.717, 1.165) is 28.6 Å². The van der Waals surface area contributed by atoms with Gasteiger partial charge in [-0.1, -0.05) is 71.2 Å². The Bertz CT molecular complexity index is 1490. The van der Waals surface area contributed by atoms with E-state index in [2.05, 4.69) is 22.9 Å². The summed E-state index contributed by atoms with van der Waals surface area (Å²) < 4.78 is 6.60. The molecule has 0 aromatic heterocycles. The fourth-order valence-corrected chi connectivity index (χ4v) is 6.33. The van der Waals surface area contributed by atoms with E-state index in [9.17, 15) is 14.4 Å². The molecule has 3 heterocycles. The average Bonchev–Trinajstić information content (AvgIpc) is 3.42. The van der Waals surface area contributed by atoms with Crippen LogP contribution in [0.2, 0.25) is 5.02 Å². The molecule has 3 aliphatic heterocycles. The molecule has 6 nitrogen and oxygen atoms in total. The van der Waals surface area contributed by atoms with Crippen molar-refractivity contribution in [3.05, 3.63) is 93.4 Å². The Hall–Kier alpha value is -3.42. The van der Waals surface area contributed by atoms with E-state index in [1.165, 1.54) is 4.90 Å². The lowest BCUT2D eigenvalue weighted by Crippen LogP contribution is -2.48. The zero-order valence-corrected chi connectivity index (χ0v) is 23.6. The highest BCUT2D eigenvalue weighted by molar-refractivity contribution is 9.10. The number of carbonyl (C=O) groups is 3. The molecule has 2 saturated heterocycles. The molecule has 0 saturated carbocycles. The van der Waals surface area contributed by atoms with Crippen molar-refractivity contribution in [2.75, 3.05) is 16.4 Å². The third-order valence-corrected chi connectivity index (χ3v) is 8.49. The van der Waals surface area contributed by atoms with E-state index in [-0.39, 0.29) is 17.6 Å². The van der Waals surface area contributed by atoms with Crippen LogP contribution in [0.25, 0.3) is 6.08 Å². The van der Waals surface area contributed by atoms with Crippen LogP contribution in [0.3, 0.4) is 0 Å². The van der Waals surface area contributed by atoms with Gasteiger partial charge >= 0.3 is 0 Å². The maximum absolute atomic E-state index is 14.1. The number of hydrogen-bond acceptors (Lipinski definition) is 5. The Balaban J connectivity index is 1.40. The highest BCUT2D eigenvalue weighted by Gasteiger charge is 2.64. The second-order valence-corrected chi connectivity index (χ2v) is 11.4. The smallest absolute Gasteiger partial charge is 0.240 e. The quantitative estimate of drug-likeness (QED) is 0.174. The van der Waals surface area contributed by atoms with Crippen LogP contribution in [0.15, 0.2) is 77.3 Å². The molecule has 198 valence electrons. The van der Waals surface area contributed by atoms with Crippen molar-refractivity contribution >= 4 is 62.6 Å². The van der Waals surface area contributed by atoms with Crippen molar-refractivity contribution in [3.8, 4) is 5.75 Å². The first kappa shape index (κ1) is 25.8. The number of fused-ring (bicyclic) bond motifs is 5. The molecule has 0 bridgehead atoms. The second kappa shape index (κ2) is 10.3. The average molecular weight is 606 g/mol. The number of amides is 2. The molecule has 4 atom stereocenters. The van der Waals surface area contributed by atoms with Crippen molar-refractivity contribution in [2.24, 2.45) is 11.8 Å². The van der Waals surface area contributed by atoms with Gasteiger partial charge in [-0.05, 0) is 60.5 Å². The first-order valence-electron chi connectivity index (χ1n) is 13.1. The standard InChI is InChI=1S/C31H26BrClN2O4/c1-2-3-16-39-23-13-11-22(12-14-23)34-30(37)26-24-15-7-18-6-10-21(33)17-25(18)35(24)28(27(26)31(34)38)29(36)19-4-8-20(32)9-5-19/h4-15,17,24,26-28H,2-3,16H2,1H3/t24-,26+,27+,28-/m0/s1. The Morgan fingerprint density at radius 3 is 2.41 bits per heavy atom. The molecule has 8 heteroatoms. The van der Waals surface area contributed by atoms with Crippen LogP contribution in [0.1, 0.15) is 35.7 Å². The normalized spacial score (nSPS) is 23.1. The number of ether oxygens (including phenoxy) is 1. The van der Waals surface area contributed by atoms with Crippen LogP contribution in [0.5, 0.6) is 5.75 Å². The molecule has 3 aromatic carbocycles. The number of nitrogens with zero attached hydrogens (tertiary/aromatic N) is 2. The van der Waals surface area contributed by atoms with E-state index in [1.54, 1.807) is 60.7 Å². The Labute approximate surface area is 240 Å². The summed E-state index contributed by atoms with van der Waals surface area (Å²) in [4.78, 5) is 45.3. The number of benzene rings is 3. The van der Waals surface area contributed by atoms with Crippen molar-refractivity contribution in [2.45, 2.75) is 31.8 Å². The van der Waals surface area contributed by atoms with Gasteiger partial charge in [0.2, 0.25) is 11.8 Å².